The van der Waals surface area contributed by atoms with Gasteiger partial charge in [-0.1, -0.05) is 23.8 Å². The van der Waals surface area contributed by atoms with Crippen LogP contribution in [-0.4, -0.2) is 5.75 Å². The highest BCUT2D eigenvalue weighted by atomic mass is 32.2. The first-order valence-electron chi connectivity index (χ1n) is 4.20. The molecule has 0 radical (unpaired) electrons. The number of nitrogens with two attached hydrogens (primary N) is 1. The molecule has 1 nitrogen and oxygen atoms in total. The van der Waals surface area contributed by atoms with Gasteiger partial charge in [0.15, 0.2) is 0 Å². The topological polar surface area (TPSA) is 26.0 Å². The summed E-state index contributed by atoms with van der Waals surface area (Å²) in [4.78, 5) is 0. The van der Waals surface area contributed by atoms with Crippen LogP contribution in [0.1, 0.15) is 22.7 Å². The van der Waals surface area contributed by atoms with Crippen molar-refractivity contribution in [3.8, 4) is 0 Å². The molecule has 2 rings (SSSR count). The lowest BCUT2D eigenvalue weighted by atomic mass is 10.0. The standard InChI is InChI=1S/C10H13NS/c1-7-2-3-8-5-12-6-10(11)9(8)4-7/h2-4,10H,5-6,11H2,1H3. The SMILES string of the molecule is Cc1ccc2c(c1)C(N)CSC2. The van der Waals surface area contributed by atoms with Crippen molar-refractivity contribution in [3.05, 3.63) is 34.9 Å². The highest BCUT2D eigenvalue weighted by Gasteiger charge is 2.16. The van der Waals surface area contributed by atoms with Gasteiger partial charge in [0.25, 0.3) is 0 Å². The highest BCUT2D eigenvalue weighted by molar-refractivity contribution is 7.98. The summed E-state index contributed by atoms with van der Waals surface area (Å²) in [5.41, 5.74) is 10.1. The molecule has 0 amide bonds. The Hall–Kier alpha value is -0.470. The van der Waals surface area contributed by atoms with Crippen molar-refractivity contribution in [1.82, 2.24) is 0 Å². The van der Waals surface area contributed by atoms with Gasteiger partial charge in [0.05, 0.1) is 0 Å². The Morgan fingerprint density at radius 1 is 1.50 bits per heavy atom. The molecule has 1 unspecified atom stereocenters. The predicted octanol–water partition coefficient (Wildman–Crippen LogP) is 2.24. The van der Waals surface area contributed by atoms with E-state index in [9.17, 15) is 0 Å². The maximum atomic E-state index is 5.99. The maximum Gasteiger partial charge on any atom is 0.0390 e. The van der Waals surface area contributed by atoms with Gasteiger partial charge < -0.3 is 5.73 Å². The van der Waals surface area contributed by atoms with Gasteiger partial charge in [0.1, 0.15) is 0 Å². The molecule has 0 aromatic heterocycles. The van der Waals surface area contributed by atoms with Crippen molar-refractivity contribution < 1.29 is 0 Å². The third kappa shape index (κ3) is 1.37. The van der Waals surface area contributed by atoms with Gasteiger partial charge in [-0.05, 0) is 18.1 Å². The molecule has 0 saturated heterocycles. The Morgan fingerprint density at radius 3 is 3.17 bits per heavy atom. The molecule has 2 N–H and O–H groups in total. The van der Waals surface area contributed by atoms with E-state index in [1.54, 1.807) is 0 Å². The number of rotatable bonds is 0. The summed E-state index contributed by atoms with van der Waals surface area (Å²) in [6, 6.07) is 6.84. The normalized spacial score (nSPS) is 22.0. The Labute approximate surface area is 77.3 Å². The smallest absolute Gasteiger partial charge is 0.0390 e. The number of hydrogen-bond donors (Lipinski definition) is 1. The Bertz CT molecular complexity index is 296. The van der Waals surface area contributed by atoms with Gasteiger partial charge in [-0.3, -0.25) is 0 Å². The summed E-state index contributed by atoms with van der Waals surface area (Å²) in [5, 5.41) is 0. The molecule has 2 heteroatoms. The molecule has 0 spiro atoms. The van der Waals surface area contributed by atoms with Crippen LogP contribution in [-0.2, 0) is 5.75 Å². The van der Waals surface area contributed by atoms with E-state index in [4.69, 9.17) is 5.73 Å². The summed E-state index contributed by atoms with van der Waals surface area (Å²) in [7, 11) is 0. The minimum Gasteiger partial charge on any atom is -0.323 e. The molecule has 64 valence electrons. The second-order valence-corrected chi connectivity index (χ2v) is 4.35. The molecule has 12 heavy (non-hydrogen) atoms. The van der Waals surface area contributed by atoms with E-state index in [1.807, 2.05) is 11.8 Å². The molecule has 1 aliphatic rings. The number of thioether (sulfide) groups is 1. The summed E-state index contributed by atoms with van der Waals surface area (Å²) in [6.45, 7) is 2.12. The Kier molecular flexibility index (Phi) is 2.11. The predicted molar refractivity (Wildman–Crippen MR) is 54.3 cm³/mol. The van der Waals surface area contributed by atoms with Crippen molar-refractivity contribution in [1.29, 1.82) is 0 Å². The molecule has 0 bridgehead atoms. The van der Waals surface area contributed by atoms with E-state index in [2.05, 4.69) is 25.1 Å². The van der Waals surface area contributed by atoms with Gasteiger partial charge >= 0.3 is 0 Å². The zero-order valence-electron chi connectivity index (χ0n) is 7.21. The molecular weight excluding hydrogens is 166 g/mol. The Balaban J connectivity index is 2.47. The van der Waals surface area contributed by atoms with Crippen LogP contribution in [0.15, 0.2) is 18.2 Å². The summed E-state index contributed by atoms with van der Waals surface area (Å²) in [5.74, 6) is 2.19. The van der Waals surface area contributed by atoms with Gasteiger partial charge in [0.2, 0.25) is 0 Å². The van der Waals surface area contributed by atoms with Crippen molar-refractivity contribution in [3.63, 3.8) is 0 Å². The fourth-order valence-electron chi connectivity index (χ4n) is 1.58. The zero-order chi connectivity index (χ0) is 8.55. The summed E-state index contributed by atoms with van der Waals surface area (Å²) < 4.78 is 0. The largest absolute Gasteiger partial charge is 0.323 e. The van der Waals surface area contributed by atoms with Gasteiger partial charge in [0, 0.05) is 17.5 Å². The molecule has 0 saturated carbocycles. The number of fused-ring (bicyclic) bond motifs is 1. The molecule has 0 fully saturated rings. The van der Waals surface area contributed by atoms with E-state index < -0.39 is 0 Å². The van der Waals surface area contributed by atoms with Crippen molar-refractivity contribution in [2.24, 2.45) is 5.73 Å². The van der Waals surface area contributed by atoms with E-state index in [1.165, 1.54) is 16.7 Å². The van der Waals surface area contributed by atoms with Gasteiger partial charge in [-0.2, -0.15) is 11.8 Å². The maximum absolute atomic E-state index is 5.99. The lowest BCUT2D eigenvalue weighted by Gasteiger charge is -2.21. The van der Waals surface area contributed by atoms with Crippen LogP contribution in [0.4, 0.5) is 0 Å². The third-order valence-electron chi connectivity index (χ3n) is 2.26. The second-order valence-electron chi connectivity index (χ2n) is 3.32. The van der Waals surface area contributed by atoms with Crippen LogP contribution < -0.4 is 5.73 Å². The van der Waals surface area contributed by atoms with E-state index in [0.717, 1.165) is 11.5 Å². The minimum atomic E-state index is 0.249. The first-order valence-corrected chi connectivity index (χ1v) is 5.35. The molecule has 1 atom stereocenters. The average Bonchev–Trinajstić information content (AvgIpc) is 2.07. The molecule has 1 aromatic rings. The molecule has 1 aliphatic heterocycles. The first kappa shape index (κ1) is 8.14. The van der Waals surface area contributed by atoms with Crippen LogP contribution in [0.5, 0.6) is 0 Å². The summed E-state index contributed by atoms with van der Waals surface area (Å²) in [6.07, 6.45) is 0. The minimum absolute atomic E-state index is 0.249. The highest BCUT2D eigenvalue weighted by Crippen LogP contribution is 2.30. The van der Waals surface area contributed by atoms with Crippen molar-refractivity contribution in [2.45, 2.75) is 18.7 Å². The zero-order valence-corrected chi connectivity index (χ0v) is 8.03. The average molecular weight is 179 g/mol. The number of hydrogen-bond acceptors (Lipinski definition) is 2. The van der Waals surface area contributed by atoms with E-state index >= 15 is 0 Å². The van der Waals surface area contributed by atoms with Gasteiger partial charge in [-0.25, -0.2) is 0 Å². The summed E-state index contributed by atoms with van der Waals surface area (Å²) >= 11 is 1.93. The fourth-order valence-corrected chi connectivity index (χ4v) is 2.61. The number of aryl methyl sites for hydroxylation is 1. The molecule has 1 heterocycles. The lowest BCUT2D eigenvalue weighted by Crippen LogP contribution is -2.18. The van der Waals surface area contributed by atoms with Gasteiger partial charge in [-0.15, -0.1) is 0 Å². The molecular formula is C10H13NS. The van der Waals surface area contributed by atoms with Crippen LogP contribution in [0.25, 0.3) is 0 Å². The lowest BCUT2D eigenvalue weighted by molar-refractivity contribution is 0.808. The van der Waals surface area contributed by atoms with Crippen LogP contribution in [0, 0.1) is 6.92 Å². The molecule has 1 aromatic carbocycles. The third-order valence-corrected chi connectivity index (χ3v) is 3.37. The van der Waals surface area contributed by atoms with Crippen LogP contribution in [0.3, 0.4) is 0 Å². The van der Waals surface area contributed by atoms with Crippen molar-refractivity contribution >= 4 is 11.8 Å². The van der Waals surface area contributed by atoms with Crippen LogP contribution >= 0.6 is 11.8 Å². The van der Waals surface area contributed by atoms with E-state index in [0.29, 0.717) is 0 Å². The second kappa shape index (κ2) is 3.11. The van der Waals surface area contributed by atoms with Crippen molar-refractivity contribution in [2.75, 3.05) is 5.75 Å². The first-order chi connectivity index (χ1) is 5.77. The molecule has 0 aliphatic carbocycles. The fraction of sp³-hybridized carbons (Fsp3) is 0.400. The quantitative estimate of drug-likeness (QED) is 0.661. The monoisotopic (exact) mass is 179 g/mol. The van der Waals surface area contributed by atoms with E-state index in [-0.39, 0.29) is 6.04 Å². The van der Waals surface area contributed by atoms with Crippen LogP contribution in [0.2, 0.25) is 0 Å². The number of benzene rings is 1. The Morgan fingerprint density at radius 2 is 2.33 bits per heavy atom.